The molecule has 0 aromatic rings. The van der Waals surface area contributed by atoms with E-state index in [1.807, 2.05) is 0 Å². The Bertz CT molecular complexity index is 1280. The average Bonchev–Trinajstić information content (AvgIpc) is 3.94. The van der Waals surface area contributed by atoms with E-state index in [0.29, 0.717) is 51.0 Å². The molecule has 1 saturated carbocycles. The van der Waals surface area contributed by atoms with Crippen molar-refractivity contribution < 1.29 is 9.59 Å². The summed E-state index contributed by atoms with van der Waals surface area (Å²) in [5, 5.41) is 0. The lowest BCUT2D eigenvalue weighted by molar-refractivity contribution is -0.153. The number of carbonyl (C=O) groups excluding carboxylic acids is 2. The van der Waals surface area contributed by atoms with E-state index < -0.39 is 113 Å². The Kier molecular flexibility index (Phi) is 18.6. The van der Waals surface area contributed by atoms with Crippen LogP contribution < -0.4 is 0 Å². The zero-order chi connectivity index (χ0) is 45.1. The Balaban J connectivity index is 1.55. The monoisotopic (exact) mass is 713 g/mol. The summed E-state index contributed by atoms with van der Waals surface area (Å²) in [4.78, 5) is 30.8. The minimum absolute atomic E-state index is 0.000526. The zero-order valence-electron chi connectivity index (χ0n) is 35.3. The molecule has 4 atom stereocenters. The van der Waals surface area contributed by atoms with Gasteiger partial charge in [-0.1, -0.05) is 48.5 Å². The Hall–Kier alpha value is 1.94. The molecule has 5 aliphatic rings. The Morgan fingerprint density at radius 2 is 0.567 bits per heavy atom. The maximum Gasteiger partial charge on any atom is 0.145 e. The summed E-state index contributed by atoms with van der Waals surface area (Å²) in [5.74, 6) is -0.0605. The summed E-state index contributed by atoms with van der Waals surface area (Å²) < 4.78 is 0. The van der Waals surface area contributed by atoms with E-state index in [1.54, 1.807) is 0 Å². The highest BCUT2D eigenvalue weighted by Crippen LogP contribution is 2.65. The quantitative estimate of drug-likeness (QED) is 0.0938. The summed E-state index contributed by atoms with van der Waals surface area (Å²) in [5.41, 5.74) is -2.14. The van der Waals surface area contributed by atoms with Crippen LogP contribution in [0.2, 0.25) is 48.5 Å². The van der Waals surface area contributed by atoms with Gasteiger partial charge in [-0.05, 0) is 25.7 Å². The number of hydrogen-bond acceptors (Lipinski definition) is 2. The molecule has 4 heterocycles. The molecule has 5 fully saturated rings. The fourth-order valence-corrected chi connectivity index (χ4v) is 12.6. The van der Waals surface area contributed by atoms with Crippen LogP contribution in [0, 0.1) is 10.8 Å². The van der Waals surface area contributed by atoms with Gasteiger partial charge >= 0.3 is 0 Å². The summed E-state index contributed by atoms with van der Waals surface area (Å²) in [6.45, 7) is -0.231. The smallest absolute Gasteiger partial charge is 0.145 e. The largest absolute Gasteiger partial charge is 0.300 e. The normalized spacial score (nSPS) is 25.9. The third-order valence-corrected chi connectivity index (χ3v) is 15.9. The molecular weight excluding hydrogens is 681 g/mol. The molecule has 42 heteroatoms. The standard InChI is InChI=1S/C18H24B40O2/c19-43(20)51(35)55(47(27)28)39-7-11(39)1-17(2-12-8-40(12)56(48(29)30)52(36)44(21)22)5-15(59)6-18(16(17)60,3-13-9-41(13)57(49(31)32)53(37)45(23)24)4-14-10-42(14)58(50(33)34)54(38)46(25)26/h11-14H,1-10H2. The van der Waals surface area contributed by atoms with Crippen LogP contribution in [-0.2, 0) is 9.59 Å². The second-order valence-corrected chi connectivity index (χ2v) is 20.5. The van der Waals surface area contributed by atoms with E-state index in [2.05, 4.69) is 0 Å². The van der Waals surface area contributed by atoms with Crippen LogP contribution >= 0.6 is 0 Å². The van der Waals surface area contributed by atoms with Crippen LogP contribution in [0.5, 0.6) is 0 Å². The fraction of sp³-hybridized carbons (Fsp3) is 0.889. The predicted molar refractivity (Wildman–Crippen MR) is 307 cm³/mol. The van der Waals surface area contributed by atoms with Crippen LogP contribution in [0.3, 0.4) is 0 Å². The summed E-state index contributed by atoms with van der Waals surface area (Å²) in [7, 11) is 125. The van der Waals surface area contributed by atoms with Gasteiger partial charge in [0.2, 0.25) is 0 Å². The molecule has 0 amide bonds. The maximum atomic E-state index is 16.2. The lowest BCUT2D eigenvalue weighted by atomic mass is 8.57. The van der Waals surface area contributed by atoms with Crippen LogP contribution in [-0.4, -0.2) is 295 Å². The Labute approximate surface area is 399 Å². The highest BCUT2D eigenvalue weighted by molar-refractivity contribution is 8.03. The van der Waals surface area contributed by atoms with E-state index in [0.717, 1.165) is 0 Å². The number of Topliss-reactive ketones (excluding diaryl/α,β-unsaturated/α-hetero) is 2. The van der Waals surface area contributed by atoms with Crippen molar-refractivity contribution in [2.45, 2.75) is 87.1 Å². The minimum Gasteiger partial charge on any atom is -0.300 e. The van der Waals surface area contributed by atoms with E-state index in [9.17, 15) is 4.79 Å². The van der Waals surface area contributed by atoms with Gasteiger partial charge in [0.1, 0.15) is 11.6 Å². The first kappa shape index (κ1) is 52.9. The van der Waals surface area contributed by atoms with E-state index in [-0.39, 0.29) is 74.1 Å². The van der Waals surface area contributed by atoms with Gasteiger partial charge in [0.15, 0.2) is 0 Å². The highest BCUT2D eigenvalue weighted by atomic mass is 16.1. The second-order valence-electron chi connectivity index (χ2n) is 20.5. The molecule has 4 saturated heterocycles. The molecule has 4 unspecified atom stereocenters. The van der Waals surface area contributed by atoms with Crippen molar-refractivity contribution in [1.29, 1.82) is 0 Å². The lowest BCUT2D eigenvalue weighted by Crippen LogP contribution is -2.64. The minimum atomic E-state index is -1.07. The molecular formula is C18H24B40O2. The molecule has 0 spiro atoms. The summed E-state index contributed by atoms with van der Waals surface area (Å²) in [6.07, 6.45) is -6.38. The fourth-order valence-electron chi connectivity index (χ4n) is 12.6. The van der Waals surface area contributed by atoms with Gasteiger partial charge in [-0.25, -0.2) is 0 Å². The van der Waals surface area contributed by atoms with E-state index >= 15 is 4.79 Å². The highest BCUT2D eigenvalue weighted by Gasteiger charge is 2.66. The third-order valence-electron chi connectivity index (χ3n) is 15.9. The maximum absolute atomic E-state index is 16.2. The Morgan fingerprint density at radius 3 is 0.733 bits per heavy atom. The molecule has 0 N–H and O–H groups in total. The number of carbonyl (C=O) groups is 2. The van der Waals surface area contributed by atoms with Gasteiger partial charge in [0, 0.05) is 281 Å². The Morgan fingerprint density at radius 1 is 0.367 bits per heavy atom. The number of rotatable bonds is 24. The van der Waals surface area contributed by atoms with E-state index in [1.165, 1.54) is 0 Å². The number of hydrogen-bond donors (Lipinski definition) is 0. The zero-order valence-corrected chi connectivity index (χ0v) is 35.3. The first-order valence-electron chi connectivity index (χ1n) is 22.0. The molecule has 0 aromatic heterocycles. The van der Waals surface area contributed by atoms with Crippen molar-refractivity contribution in [1.82, 2.24) is 0 Å². The molecule has 1 aliphatic carbocycles. The second kappa shape index (κ2) is 21.1. The van der Waals surface area contributed by atoms with Crippen molar-refractivity contribution in [2.24, 2.45) is 10.8 Å². The SMILES string of the molecule is [B]B([B])B([B])B(B([B])[B])B1CC1CC1(CC2CB2B(B([B])[B])B([B])B([B])[B])CC(=O)CC(CC2CB2B(B([B])[B])B([B])B([B])[B])(CC2CB2B(B([B])[B])B([B])B([B])[B])C1=O. The summed E-state index contributed by atoms with van der Waals surface area (Å²) in [6, 6.07) is 0. The average molecular weight is 705 g/mol. The van der Waals surface area contributed by atoms with Gasteiger partial charge in [-0.3, -0.25) is 9.59 Å². The van der Waals surface area contributed by atoms with Crippen molar-refractivity contribution in [2.75, 3.05) is 0 Å². The van der Waals surface area contributed by atoms with Crippen LogP contribution in [0.4, 0.5) is 0 Å². The van der Waals surface area contributed by atoms with Crippen LogP contribution in [0.25, 0.3) is 0 Å². The van der Waals surface area contributed by atoms with Gasteiger partial charge < -0.3 is 0 Å². The molecule has 4 aliphatic heterocycles. The molecule has 60 heavy (non-hydrogen) atoms. The van der Waals surface area contributed by atoms with Gasteiger partial charge in [-0.15, -0.1) is 0 Å². The van der Waals surface area contributed by atoms with Gasteiger partial charge in [0.25, 0.3) is 0 Å². The molecule has 0 bridgehead atoms. The molecule has 5 rings (SSSR count). The van der Waals surface area contributed by atoms with Gasteiger partial charge in [-0.2, -0.15) is 0 Å². The predicted octanol–water partition coefficient (Wildman–Crippen LogP) is -10.6. The first-order chi connectivity index (χ1) is 27.8. The lowest BCUT2D eigenvalue weighted by Gasteiger charge is -2.48. The van der Waals surface area contributed by atoms with Crippen molar-refractivity contribution in [3.05, 3.63) is 0 Å². The van der Waals surface area contributed by atoms with Crippen molar-refractivity contribution >= 4 is 295 Å². The van der Waals surface area contributed by atoms with E-state index in [4.69, 9.17) is 155 Å². The third kappa shape index (κ3) is 12.0. The van der Waals surface area contributed by atoms with Crippen LogP contribution in [0.1, 0.15) is 38.5 Å². The summed E-state index contributed by atoms with van der Waals surface area (Å²) >= 11 is 0. The molecule has 2 nitrogen and oxygen atoms in total. The molecule has 40 radical (unpaired) electrons. The van der Waals surface area contributed by atoms with Crippen molar-refractivity contribution in [3.63, 3.8) is 0 Å². The topological polar surface area (TPSA) is 34.1 Å². The number of ketones is 2. The van der Waals surface area contributed by atoms with Crippen molar-refractivity contribution in [3.8, 4) is 0 Å². The van der Waals surface area contributed by atoms with Crippen LogP contribution in [0.15, 0.2) is 0 Å². The van der Waals surface area contributed by atoms with Gasteiger partial charge in [0.05, 0.1) is 26.4 Å². The first-order valence-corrected chi connectivity index (χ1v) is 22.0. The molecule has 228 valence electrons. The molecule has 0 aromatic carbocycles.